The van der Waals surface area contributed by atoms with E-state index in [1.54, 1.807) is 6.07 Å². The average molecular weight is 272 g/mol. The highest BCUT2D eigenvalue weighted by molar-refractivity contribution is 5.59. The predicted octanol–water partition coefficient (Wildman–Crippen LogP) is 3.67. The maximum absolute atomic E-state index is 13.2. The van der Waals surface area contributed by atoms with Crippen molar-refractivity contribution in [1.82, 2.24) is 9.97 Å². The molecule has 0 unspecified atom stereocenters. The molecule has 0 spiro atoms. The van der Waals surface area contributed by atoms with Gasteiger partial charge in [-0.05, 0) is 38.0 Å². The third-order valence-electron chi connectivity index (χ3n) is 3.14. The van der Waals surface area contributed by atoms with Crippen molar-refractivity contribution in [2.24, 2.45) is 0 Å². The van der Waals surface area contributed by atoms with Gasteiger partial charge in [-0.2, -0.15) is 0 Å². The summed E-state index contributed by atoms with van der Waals surface area (Å²) in [7, 11) is 0. The van der Waals surface area contributed by atoms with E-state index in [-0.39, 0.29) is 5.82 Å². The zero-order valence-corrected chi connectivity index (χ0v) is 11.4. The lowest BCUT2D eigenvalue weighted by atomic mass is 10.3. The molecular weight excluding hydrogens is 255 g/mol. The highest BCUT2D eigenvalue weighted by Gasteiger charge is 2.27. The molecule has 104 valence electrons. The first kappa shape index (κ1) is 12.8. The van der Waals surface area contributed by atoms with E-state index in [9.17, 15) is 4.39 Å². The molecule has 1 aliphatic rings. The molecule has 1 aliphatic carbocycles. The molecule has 0 amide bonds. The zero-order valence-electron chi connectivity index (χ0n) is 11.4. The molecule has 0 aliphatic heterocycles. The summed E-state index contributed by atoms with van der Waals surface area (Å²) in [5.41, 5.74) is 0.688. The van der Waals surface area contributed by atoms with Crippen LogP contribution in [0, 0.1) is 5.82 Å². The lowest BCUT2D eigenvalue weighted by Gasteiger charge is -2.10. The molecule has 0 saturated heterocycles. The van der Waals surface area contributed by atoms with E-state index in [0.717, 1.165) is 31.0 Å². The molecule has 1 fully saturated rings. The summed E-state index contributed by atoms with van der Waals surface area (Å²) < 4.78 is 13.2. The molecular formula is C15H17FN4. The van der Waals surface area contributed by atoms with Crippen LogP contribution < -0.4 is 10.6 Å². The fourth-order valence-corrected chi connectivity index (χ4v) is 2.04. The van der Waals surface area contributed by atoms with Crippen LogP contribution in [-0.4, -0.2) is 16.5 Å². The van der Waals surface area contributed by atoms with Gasteiger partial charge >= 0.3 is 0 Å². The van der Waals surface area contributed by atoms with E-state index in [1.807, 2.05) is 19.1 Å². The molecule has 1 aromatic carbocycles. The van der Waals surface area contributed by atoms with Gasteiger partial charge in [0.1, 0.15) is 23.3 Å². The molecule has 0 atom stereocenters. The molecule has 1 aromatic heterocycles. The van der Waals surface area contributed by atoms with Gasteiger partial charge in [-0.3, -0.25) is 0 Å². The predicted molar refractivity (Wildman–Crippen MR) is 77.9 cm³/mol. The summed E-state index contributed by atoms with van der Waals surface area (Å²) in [6.45, 7) is 2.83. The molecule has 5 heteroatoms. The van der Waals surface area contributed by atoms with Crippen LogP contribution in [0.2, 0.25) is 0 Å². The number of halogens is 1. The topological polar surface area (TPSA) is 49.8 Å². The van der Waals surface area contributed by atoms with Crippen molar-refractivity contribution in [3.8, 4) is 0 Å². The van der Waals surface area contributed by atoms with E-state index in [2.05, 4.69) is 20.6 Å². The van der Waals surface area contributed by atoms with Crippen LogP contribution in [0.5, 0.6) is 0 Å². The Hall–Kier alpha value is -2.17. The zero-order chi connectivity index (χ0) is 13.9. The normalized spacial score (nSPS) is 14.1. The first-order chi connectivity index (χ1) is 9.74. The van der Waals surface area contributed by atoms with Crippen molar-refractivity contribution < 1.29 is 4.39 Å². The maximum Gasteiger partial charge on any atom is 0.136 e. The van der Waals surface area contributed by atoms with E-state index in [4.69, 9.17) is 0 Å². The SMILES string of the molecule is CCNc1cc(Nc2cccc(F)c2)nc(C2CC2)n1. The van der Waals surface area contributed by atoms with Gasteiger partial charge in [0.15, 0.2) is 0 Å². The first-order valence-electron chi connectivity index (χ1n) is 6.90. The molecule has 2 N–H and O–H groups in total. The number of aromatic nitrogens is 2. The van der Waals surface area contributed by atoms with Crippen molar-refractivity contribution in [1.29, 1.82) is 0 Å². The Morgan fingerprint density at radius 1 is 1.20 bits per heavy atom. The Morgan fingerprint density at radius 3 is 2.70 bits per heavy atom. The molecule has 0 bridgehead atoms. The minimum Gasteiger partial charge on any atom is -0.370 e. The summed E-state index contributed by atoms with van der Waals surface area (Å²) in [4.78, 5) is 9.03. The van der Waals surface area contributed by atoms with E-state index in [0.29, 0.717) is 17.4 Å². The quantitative estimate of drug-likeness (QED) is 0.872. The van der Waals surface area contributed by atoms with Crippen molar-refractivity contribution in [3.63, 3.8) is 0 Å². The molecule has 3 rings (SSSR count). The number of nitrogens with one attached hydrogen (secondary N) is 2. The van der Waals surface area contributed by atoms with Crippen LogP contribution in [0.25, 0.3) is 0 Å². The highest BCUT2D eigenvalue weighted by atomic mass is 19.1. The lowest BCUT2D eigenvalue weighted by molar-refractivity contribution is 0.628. The lowest BCUT2D eigenvalue weighted by Crippen LogP contribution is -2.05. The largest absolute Gasteiger partial charge is 0.370 e. The second kappa shape index (κ2) is 5.45. The summed E-state index contributed by atoms with van der Waals surface area (Å²) in [5, 5.41) is 6.34. The summed E-state index contributed by atoms with van der Waals surface area (Å²) in [6.07, 6.45) is 2.30. The fourth-order valence-electron chi connectivity index (χ4n) is 2.04. The van der Waals surface area contributed by atoms with Gasteiger partial charge in [-0.25, -0.2) is 14.4 Å². The molecule has 20 heavy (non-hydrogen) atoms. The Kier molecular flexibility index (Phi) is 3.50. The van der Waals surface area contributed by atoms with Crippen LogP contribution in [0.4, 0.5) is 21.7 Å². The maximum atomic E-state index is 13.2. The summed E-state index contributed by atoms with van der Waals surface area (Å²) in [6, 6.07) is 8.21. The monoisotopic (exact) mass is 272 g/mol. The number of hydrogen-bond donors (Lipinski definition) is 2. The molecule has 2 aromatic rings. The summed E-state index contributed by atoms with van der Waals surface area (Å²) in [5.74, 6) is 2.58. The summed E-state index contributed by atoms with van der Waals surface area (Å²) >= 11 is 0. The van der Waals surface area contributed by atoms with Gasteiger partial charge in [0.2, 0.25) is 0 Å². The van der Waals surface area contributed by atoms with Gasteiger partial charge in [0.05, 0.1) is 0 Å². The van der Waals surface area contributed by atoms with Crippen LogP contribution >= 0.6 is 0 Å². The number of benzene rings is 1. The Labute approximate surface area is 117 Å². The first-order valence-corrected chi connectivity index (χ1v) is 6.90. The Morgan fingerprint density at radius 2 is 2.00 bits per heavy atom. The molecule has 0 radical (unpaired) electrons. The van der Waals surface area contributed by atoms with Gasteiger partial charge in [-0.1, -0.05) is 6.07 Å². The number of hydrogen-bond acceptors (Lipinski definition) is 4. The molecule has 1 heterocycles. The standard InChI is InChI=1S/C15H17FN4/c1-2-17-13-9-14(20-15(19-13)10-6-7-10)18-12-5-3-4-11(16)8-12/h3-5,8-10H,2,6-7H2,1H3,(H2,17,18,19,20). The number of anilines is 3. The average Bonchev–Trinajstić information content (AvgIpc) is 3.23. The number of rotatable bonds is 5. The molecule has 4 nitrogen and oxygen atoms in total. The third kappa shape index (κ3) is 3.04. The van der Waals surface area contributed by atoms with Gasteiger partial charge in [-0.15, -0.1) is 0 Å². The van der Waals surface area contributed by atoms with Gasteiger partial charge < -0.3 is 10.6 Å². The second-order valence-electron chi connectivity index (χ2n) is 4.94. The smallest absolute Gasteiger partial charge is 0.136 e. The van der Waals surface area contributed by atoms with Crippen LogP contribution in [0.15, 0.2) is 30.3 Å². The Balaban J connectivity index is 1.87. The van der Waals surface area contributed by atoms with Crippen molar-refractivity contribution in [2.45, 2.75) is 25.7 Å². The minimum atomic E-state index is -0.265. The van der Waals surface area contributed by atoms with Crippen LogP contribution in [0.1, 0.15) is 31.5 Å². The highest BCUT2D eigenvalue weighted by Crippen LogP contribution is 2.39. The van der Waals surface area contributed by atoms with Gasteiger partial charge in [0, 0.05) is 24.2 Å². The van der Waals surface area contributed by atoms with E-state index < -0.39 is 0 Å². The van der Waals surface area contributed by atoms with Crippen molar-refractivity contribution in [2.75, 3.05) is 17.2 Å². The second-order valence-corrected chi connectivity index (χ2v) is 4.94. The van der Waals surface area contributed by atoms with Crippen molar-refractivity contribution >= 4 is 17.3 Å². The van der Waals surface area contributed by atoms with Gasteiger partial charge in [0.25, 0.3) is 0 Å². The van der Waals surface area contributed by atoms with Crippen LogP contribution in [-0.2, 0) is 0 Å². The van der Waals surface area contributed by atoms with Crippen LogP contribution in [0.3, 0.4) is 0 Å². The number of nitrogens with zero attached hydrogens (tertiary/aromatic N) is 2. The van der Waals surface area contributed by atoms with Crippen molar-refractivity contribution in [3.05, 3.63) is 42.0 Å². The third-order valence-corrected chi connectivity index (χ3v) is 3.14. The Bertz CT molecular complexity index is 611. The van der Waals surface area contributed by atoms with E-state index >= 15 is 0 Å². The fraction of sp³-hybridized carbons (Fsp3) is 0.333. The molecule has 1 saturated carbocycles. The van der Waals surface area contributed by atoms with E-state index in [1.165, 1.54) is 12.1 Å². The minimum absolute atomic E-state index is 0.265.